The second-order valence-corrected chi connectivity index (χ2v) is 5.43. The van der Waals surface area contributed by atoms with Gasteiger partial charge in [0.05, 0.1) is 19.6 Å². The summed E-state index contributed by atoms with van der Waals surface area (Å²) in [6.07, 6.45) is 0.515. The summed E-state index contributed by atoms with van der Waals surface area (Å²) in [4.78, 5) is 26.7. The van der Waals surface area contributed by atoms with E-state index >= 15 is 0 Å². The van der Waals surface area contributed by atoms with Crippen molar-refractivity contribution in [1.29, 1.82) is 0 Å². The quantitative estimate of drug-likeness (QED) is 0.863. The maximum absolute atomic E-state index is 11.8. The lowest BCUT2D eigenvalue weighted by Gasteiger charge is -2.23. The summed E-state index contributed by atoms with van der Waals surface area (Å²) in [6, 6.07) is 2.52. The predicted octanol–water partition coefficient (Wildman–Crippen LogP) is 2.13. The molecule has 0 aliphatic rings. The Bertz CT molecular complexity index is 493. The summed E-state index contributed by atoms with van der Waals surface area (Å²) in [5, 5.41) is 11.5. The first-order valence-corrected chi connectivity index (χ1v) is 6.42. The van der Waals surface area contributed by atoms with Crippen LogP contribution in [-0.4, -0.2) is 34.9 Å². The van der Waals surface area contributed by atoms with Gasteiger partial charge in [-0.2, -0.15) is 0 Å². The number of carbonyl (C=O) groups excluding carboxylic acids is 1. The van der Waals surface area contributed by atoms with Crippen LogP contribution in [0.5, 0.6) is 5.88 Å². The van der Waals surface area contributed by atoms with Crippen LogP contribution in [0.3, 0.4) is 0 Å². The van der Waals surface area contributed by atoms with Crippen molar-refractivity contribution < 1.29 is 24.2 Å². The van der Waals surface area contributed by atoms with E-state index in [0.717, 1.165) is 0 Å². The first kappa shape index (κ1) is 16.7. The molecule has 1 rings (SSSR count). The molecule has 0 saturated heterocycles. The van der Waals surface area contributed by atoms with Gasteiger partial charge in [0, 0.05) is 12.3 Å². The Morgan fingerprint density at radius 3 is 2.48 bits per heavy atom. The van der Waals surface area contributed by atoms with Gasteiger partial charge in [-0.25, -0.2) is 9.78 Å². The highest BCUT2D eigenvalue weighted by atomic mass is 16.6. The van der Waals surface area contributed by atoms with Gasteiger partial charge in [-0.15, -0.1) is 0 Å². The number of aliphatic carboxylic acids is 1. The normalized spacial score (nSPS) is 12.4. The third-order valence-electron chi connectivity index (χ3n) is 2.44. The van der Waals surface area contributed by atoms with Gasteiger partial charge < -0.3 is 19.9 Å². The Balaban J connectivity index is 2.84. The summed E-state index contributed by atoms with van der Waals surface area (Å²) >= 11 is 0. The van der Waals surface area contributed by atoms with Crippen LogP contribution in [0.1, 0.15) is 38.8 Å². The standard InChI is InChI=1S/C14H20N2O5/c1-14(2,3)21-13(19)16-10(7-12(17)18)9-5-6-11(20-4)15-8-9/h5-6,8,10H,7H2,1-4H3,(H,16,19)(H,17,18)/t10-/m1/s1. The molecule has 0 spiro atoms. The highest BCUT2D eigenvalue weighted by Crippen LogP contribution is 2.19. The zero-order valence-corrected chi connectivity index (χ0v) is 12.5. The average molecular weight is 296 g/mol. The van der Waals surface area contributed by atoms with Crippen LogP contribution < -0.4 is 10.1 Å². The number of carbonyl (C=O) groups is 2. The van der Waals surface area contributed by atoms with Gasteiger partial charge in [0.1, 0.15) is 5.60 Å². The Morgan fingerprint density at radius 1 is 1.38 bits per heavy atom. The number of nitrogens with one attached hydrogen (secondary N) is 1. The summed E-state index contributed by atoms with van der Waals surface area (Å²) in [6.45, 7) is 5.19. The third kappa shape index (κ3) is 6.11. The van der Waals surface area contributed by atoms with Gasteiger partial charge in [-0.05, 0) is 26.3 Å². The average Bonchev–Trinajstić information content (AvgIpc) is 2.35. The van der Waals surface area contributed by atoms with Gasteiger partial charge in [0.25, 0.3) is 0 Å². The fraction of sp³-hybridized carbons (Fsp3) is 0.500. The fourth-order valence-corrected chi connectivity index (χ4v) is 1.60. The molecular weight excluding hydrogens is 276 g/mol. The minimum atomic E-state index is -1.04. The highest BCUT2D eigenvalue weighted by Gasteiger charge is 2.22. The van der Waals surface area contributed by atoms with E-state index in [-0.39, 0.29) is 6.42 Å². The van der Waals surface area contributed by atoms with Crippen molar-refractivity contribution in [3.05, 3.63) is 23.9 Å². The molecule has 21 heavy (non-hydrogen) atoms. The number of methoxy groups -OCH3 is 1. The van der Waals surface area contributed by atoms with E-state index in [4.69, 9.17) is 14.6 Å². The van der Waals surface area contributed by atoms with E-state index in [2.05, 4.69) is 10.3 Å². The Kier molecular flexibility index (Phi) is 5.52. The lowest BCUT2D eigenvalue weighted by molar-refractivity contribution is -0.137. The molecule has 0 bridgehead atoms. The summed E-state index contributed by atoms with van der Waals surface area (Å²) < 4.78 is 10.1. The lowest BCUT2D eigenvalue weighted by Crippen LogP contribution is -2.35. The zero-order chi connectivity index (χ0) is 16.0. The SMILES string of the molecule is COc1ccc([C@@H](CC(=O)O)NC(=O)OC(C)(C)C)cn1. The molecule has 0 aliphatic heterocycles. The summed E-state index contributed by atoms with van der Waals surface area (Å²) in [5.41, 5.74) is -0.0974. The van der Waals surface area contributed by atoms with Crippen LogP contribution in [-0.2, 0) is 9.53 Å². The maximum Gasteiger partial charge on any atom is 0.408 e. The van der Waals surface area contributed by atoms with Crippen molar-refractivity contribution in [2.45, 2.75) is 38.8 Å². The van der Waals surface area contributed by atoms with Crippen molar-refractivity contribution in [2.24, 2.45) is 0 Å². The number of carboxylic acids is 1. The molecule has 0 fully saturated rings. The molecular formula is C14H20N2O5. The van der Waals surface area contributed by atoms with Gasteiger partial charge in [0.15, 0.2) is 0 Å². The number of hydrogen-bond acceptors (Lipinski definition) is 5. The fourth-order valence-electron chi connectivity index (χ4n) is 1.60. The number of pyridine rings is 1. The van der Waals surface area contributed by atoms with E-state index < -0.39 is 23.7 Å². The third-order valence-corrected chi connectivity index (χ3v) is 2.44. The van der Waals surface area contributed by atoms with Crippen molar-refractivity contribution >= 4 is 12.1 Å². The first-order valence-electron chi connectivity index (χ1n) is 6.42. The molecule has 1 heterocycles. The van der Waals surface area contributed by atoms with Gasteiger partial charge in [-0.3, -0.25) is 4.79 Å². The minimum absolute atomic E-state index is 0.271. The molecule has 1 aromatic rings. The van der Waals surface area contributed by atoms with E-state index in [1.165, 1.54) is 13.3 Å². The number of aromatic nitrogens is 1. The van der Waals surface area contributed by atoms with Crippen LogP contribution in [0, 0.1) is 0 Å². The van der Waals surface area contributed by atoms with Crippen molar-refractivity contribution in [1.82, 2.24) is 10.3 Å². The molecule has 0 saturated carbocycles. The van der Waals surface area contributed by atoms with Gasteiger partial charge in [0.2, 0.25) is 5.88 Å². The van der Waals surface area contributed by atoms with Crippen molar-refractivity contribution in [3.63, 3.8) is 0 Å². The molecule has 0 radical (unpaired) electrons. The smallest absolute Gasteiger partial charge is 0.408 e. The molecule has 2 N–H and O–H groups in total. The number of rotatable bonds is 5. The number of nitrogens with zero attached hydrogens (tertiary/aromatic N) is 1. The number of ether oxygens (including phenoxy) is 2. The Labute approximate surface area is 123 Å². The van der Waals surface area contributed by atoms with Crippen molar-refractivity contribution in [3.8, 4) is 5.88 Å². The molecule has 0 aliphatic carbocycles. The molecule has 7 nitrogen and oxygen atoms in total. The minimum Gasteiger partial charge on any atom is -0.481 e. The number of alkyl carbamates (subject to hydrolysis) is 1. The topological polar surface area (TPSA) is 97.8 Å². The van der Waals surface area contributed by atoms with Crippen LogP contribution in [0.25, 0.3) is 0 Å². The number of carboxylic acid groups (broad SMARTS) is 1. The monoisotopic (exact) mass is 296 g/mol. The zero-order valence-electron chi connectivity index (χ0n) is 12.5. The summed E-state index contributed by atoms with van der Waals surface area (Å²) in [7, 11) is 1.48. The molecule has 0 unspecified atom stereocenters. The van der Waals surface area contributed by atoms with E-state index in [1.807, 2.05) is 0 Å². The Hall–Kier alpha value is -2.31. The van der Waals surface area contributed by atoms with Crippen molar-refractivity contribution in [2.75, 3.05) is 7.11 Å². The maximum atomic E-state index is 11.8. The second-order valence-electron chi connectivity index (χ2n) is 5.43. The molecule has 1 amide bonds. The predicted molar refractivity (Wildman–Crippen MR) is 75.2 cm³/mol. The molecule has 7 heteroatoms. The van der Waals surface area contributed by atoms with Crippen LogP contribution in [0.4, 0.5) is 4.79 Å². The van der Waals surface area contributed by atoms with Gasteiger partial charge in [-0.1, -0.05) is 6.07 Å². The van der Waals surface area contributed by atoms with E-state index in [0.29, 0.717) is 11.4 Å². The molecule has 1 aromatic heterocycles. The molecule has 116 valence electrons. The van der Waals surface area contributed by atoms with E-state index in [9.17, 15) is 9.59 Å². The van der Waals surface area contributed by atoms with Crippen LogP contribution in [0.15, 0.2) is 18.3 Å². The molecule has 0 aromatic carbocycles. The van der Waals surface area contributed by atoms with E-state index in [1.54, 1.807) is 32.9 Å². The second kappa shape index (κ2) is 6.92. The number of hydrogen-bond donors (Lipinski definition) is 2. The lowest BCUT2D eigenvalue weighted by atomic mass is 10.1. The Morgan fingerprint density at radius 2 is 2.05 bits per heavy atom. The number of amides is 1. The van der Waals surface area contributed by atoms with Gasteiger partial charge >= 0.3 is 12.1 Å². The molecule has 1 atom stereocenters. The summed E-state index contributed by atoms with van der Waals surface area (Å²) in [5.74, 6) is -0.628. The van der Waals surface area contributed by atoms with Crippen LogP contribution in [0.2, 0.25) is 0 Å². The van der Waals surface area contributed by atoms with Crippen LogP contribution >= 0.6 is 0 Å². The highest BCUT2D eigenvalue weighted by molar-refractivity contribution is 5.72. The first-order chi connectivity index (χ1) is 9.71. The largest absolute Gasteiger partial charge is 0.481 e.